The maximum absolute atomic E-state index is 13.1. The zero-order valence-electron chi connectivity index (χ0n) is 19.9. The number of fused-ring (bicyclic) bond motifs is 1. The van der Waals surface area contributed by atoms with Gasteiger partial charge in [0.05, 0.1) is 0 Å². The number of sulfonamides is 1. The van der Waals surface area contributed by atoms with Crippen molar-refractivity contribution in [1.82, 2.24) is 14.4 Å². The lowest BCUT2D eigenvalue weighted by Crippen LogP contribution is -2.37. The first kappa shape index (κ1) is 24.2. The van der Waals surface area contributed by atoms with Crippen molar-refractivity contribution in [2.24, 2.45) is 0 Å². The van der Waals surface area contributed by atoms with Gasteiger partial charge in [-0.15, -0.1) is 0 Å². The summed E-state index contributed by atoms with van der Waals surface area (Å²) < 4.78 is 38.8. The number of rotatable bonds is 7. The highest BCUT2D eigenvalue weighted by Gasteiger charge is 2.32. The molecular formula is C25H31N3O5S. The van der Waals surface area contributed by atoms with Crippen LogP contribution in [0, 0.1) is 13.8 Å². The number of benzene rings is 1. The van der Waals surface area contributed by atoms with Crippen molar-refractivity contribution >= 4 is 33.0 Å². The zero-order valence-corrected chi connectivity index (χ0v) is 20.7. The summed E-state index contributed by atoms with van der Waals surface area (Å²) in [6.45, 7) is 6.73. The van der Waals surface area contributed by atoms with Gasteiger partial charge in [0.15, 0.2) is 5.76 Å². The SMILES string of the molecule is CCCCc1oc2ccccc2c1/C=C/C(=O)N1CCCN(S(=O)(=O)c2c(C)noc2C)CC1. The normalized spacial score (nSPS) is 15.9. The van der Waals surface area contributed by atoms with Crippen LogP contribution in [0.4, 0.5) is 0 Å². The predicted octanol–water partition coefficient (Wildman–Crippen LogP) is 4.32. The number of nitrogens with zero attached hydrogens (tertiary/aromatic N) is 3. The Bertz CT molecular complexity index is 1290. The van der Waals surface area contributed by atoms with Gasteiger partial charge in [-0.2, -0.15) is 4.31 Å². The Morgan fingerprint density at radius 1 is 1.15 bits per heavy atom. The number of carbonyl (C=O) groups is 1. The van der Waals surface area contributed by atoms with E-state index in [0.717, 1.165) is 41.6 Å². The van der Waals surface area contributed by atoms with Gasteiger partial charge in [0.1, 0.15) is 21.9 Å². The molecule has 1 saturated heterocycles. The lowest BCUT2D eigenvalue weighted by molar-refractivity contribution is -0.125. The highest BCUT2D eigenvalue weighted by molar-refractivity contribution is 7.89. The summed E-state index contributed by atoms with van der Waals surface area (Å²) in [5, 5.41) is 4.77. The molecule has 0 bridgehead atoms. The summed E-state index contributed by atoms with van der Waals surface area (Å²) in [7, 11) is -3.73. The van der Waals surface area contributed by atoms with E-state index in [2.05, 4.69) is 12.1 Å². The molecule has 182 valence electrons. The fourth-order valence-electron chi connectivity index (χ4n) is 4.41. The third kappa shape index (κ3) is 4.81. The van der Waals surface area contributed by atoms with Crippen molar-refractivity contribution < 1.29 is 22.2 Å². The van der Waals surface area contributed by atoms with Gasteiger partial charge in [-0.05, 0) is 38.8 Å². The van der Waals surface area contributed by atoms with E-state index < -0.39 is 10.0 Å². The molecule has 4 rings (SSSR count). The van der Waals surface area contributed by atoms with E-state index in [1.165, 1.54) is 4.31 Å². The molecule has 0 N–H and O–H groups in total. The van der Waals surface area contributed by atoms with Gasteiger partial charge in [0, 0.05) is 49.6 Å². The van der Waals surface area contributed by atoms with Gasteiger partial charge in [-0.25, -0.2) is 8.42 Å². The van der Waals surface area contributed by atoms with Crippen molar-refractivity contribution in [3.8, 4) is 0 Å². The van der Waals surface area contributed by atoms with Crippen LogP contribution in [-0.2, 0) is 21.2 Å². The number of amides is 1. The van der Waals surface area contributed by atoms with E-state index in [1.54, 1.807) is 24.8 Å². The van der Waals surface area contributed by atoms with Crippen molar-refractivity contribution in [1.29, 1.82) is 0 Å². The first-order chi connectivity index (χ1) is 16.3. The molecule has 0 radical (unpaired) electrons. The van der Waals surface area contributed by atoms with Crippen molar-refractivity contribution in [2.45, 2.75) is 51.3 Å². The maximum Gasteiger partial charge on any atom is 0.248 e. The number of carbonyl (C=O) groups excluding carboxylic acids is 1. The summed E-state index contributed by atoms with van der Waals surface area (Å²) in [4.78, 5) is 14.8. The van der Waals surface area contributed by atoms with E-state index in [1.807, 2.05) is 30.3 Å². The minimum Gasteiger partial charge on any atom is -0.460 e. The van der Waals surface area contributed by atoms with Crippen LogP contribution in [0.5, 0.6) is 0 Å². The number of aromatic nitrogens is 1. The van der Waals surface area contributed by atoms with Crippen LogP contribution in [0.3, 0.4) is 0 Å². The molecule has 3 aromatic rings. The molecule has 8 nitrogen and oxygen atoms in total. The maximum atomic E-state index is 13.1. The minimum atomic E-state index is -3.73. The molecule has 1 aliphatic heterocycles. The van der Waals surface area contributed by atoms with Crippen LogP contribution >= 0.6 is 0 Å². The Labute approximate surface area is 200 Å². The second kappa shape index (κ2) is 10.1. The third-order valence-electron chi connectivity index (χ3n) is 6.19. The van der Waals surface area contributed by atoms with Crippen LogP contribution in [-0.4, -0.2) is 54.9 Å². The standard InChI is InChI=1S/C25H31N3O5S/c1-4-5-10-22-21(20-9-6-7-11-23(20)32-22)12-13-24(29)27-14-8-15-28(17-16-27)34(30,31)25-18(2)26-33-19(25)3/h6-7,9,11-13H,4-5,8,10,14-17H2,1-3H3/b13-12+. The van der Waals surface area contributed by atoms with Crippen LogP contribution < -0.4 is 0 Å². The summed E-state index contributed by atoms with van der Waals surface area (Å²) in [5.41, 5.74) is 2.11. The minimum absolute atomic E-state index is 0.124. The zero-order chi connectivity index (χ0) is 24.3. The molecule has 0 saturated carbocycles. The lowest BCUT2D eigenvalue weighted by Gasteiger charge is -2.21. The van der Waals surface area contributed by atoms with Crippen LogP contribution in [0.1, 0.15) is 49.0 Å². The molecule has 3 heterocycles. The van der Waals surface area contributed by atoms with Gasteiger partial charge < -0.3 is 13.8 Å². The molecule has 0 aliphatic carbocycles. The summed E-state index contributed by atoms with van der Waals surface area (Å²) in [5.74, 6) is 1.03. The smallest absolute Gasteiger partial charge is 0.248 e. The topological polar surface area (TPSA) is 96.9 Å². The molecule has 1 amide bonds. The molecule has 2 aromatic heterocycles. The molecular weight excluding hydrogens is 454 g/mol. The van der Waals surface area contributed by atoms with Crippen molar-refractivity contribution in [2.75, 3.05) is 26.2 Å². The molecule has 1 fully saturated rings. The number of para-hydroxylation sites is 1. The fourth-order valence-corrected chi connectivity index (χ4v) is 6.17. The van der Waals surface area contributed by atoms with Gasteiger partial charge in [0.25, 0.3) is 0 Å². The Morgan fingerprint density at radius 2 is 1.94 bits per heavy atom. The summed E-state index contributed by atoms with van der Waals surface area (Å²) in [6.07, 6.45) is 6.85. The van der Waals surface area contributed by atoms with E-state index in [9.17, 15) is 13.2 Å². The number of aryl methyl sites for hydroxylation is 3. The molecule has 1 aromatic carbocycles. The van der Waals surface area contributed by atoms with Crippen molar-refractivity contribution in [3.63, 3.8) is 0 Å². The number of hydrogen-bond donors (Lipinski definition) is 0. The quantitative estimate of drug-likeness (QED) is 0.463. The molecule has 0 spiro atoms. The van der Waals surface area contributed by atoms with Crippen LogP contribution in [0.15, 0.2) is 44.2 Å². The molecule has 0 atom stereocenters. The second-order valence-electron chi connectivity index (χ2n) is 8.61. The van der Waals surface area contributed by atoms with Crippen molar-refractivity contribution in [3.05, 3.63) is 53.1 Å². The van der Waals surface area contributed by atoms with Gasteiger partial charge in [-0.3, -0.25) is 4.79 Å². The number of hydrogen-bond acceptors (Lipinski definition) is 6. The second-order valence-corrected chi connectivity index (χ2v) is 10.5. The molecule has 34 heavy (non-hydrogen) atoms. The summed E-state index contributed by atoms with van der Waals surface area (Å²) in [6, 6.07) is 7.84. The Morgan fingerprint density at radius 3 is 2.68 bits per heavy atom. The van der Waals surface area contributed by atoms with Crippen LogP contribution in [0.25, 0.3) is 17.0 Å². The van der Waals surface area contributed by atoms with Gasteiger partial charge >= 0.3 is 0 Å². The molecule has 9 heteroatoms. The molecule has 0 unspecified atom stereocenters. The first-order valence-corrected chi connectivity index (χ1v) is 13.2. The Kier molecular flexibility index (Phi) is 7.23. The van der Waals surface area contributed by atoms with E-state index in [-0.39, 0.29) is 23.1 Å². The molecule has 1 aliphatic rings. The van der Waals surface area contributed by atoms with Gasteiger partial charge in [0.2, 0.25) is 15.9 Å². The Hall–Kier alpha value is -2.91. The third-order valence-corrected chi connectivity index (χ3v) is 8.34. The number of furan rings is 1. The summed E-state index contributed by atoms with van der Waals surface area (Å²) >= 11 is 0. The average molecular weight is 486 g/mol. The average Bonchev–Trinajstić information content (AvgIpc) is 3.22. The van der Waals surface area contributed by atoms with E-state index >= 15 is 0 Å². The van der Waals surface area contributed by atoms with E-state index in [0.29, 0.717) is 31.7 Å². The number of unbranched alkanes of at least 4 members (excludes halogenated alkanes) is 1. The van der Waals surface area contributed by atoms with Gasteiger partial charge in [-0.1, -0.05) is 36.7 Å². The highest BCUT2D eigenvalue weighted by atomic mass is 32.2. The highest BCUT2D eigenvalue weighted by Crippen LogP contribution is 2.29. The fraction of sp³-hybridized carbons (Fsp3) is 0.440. The Balaban J connectivity index is 1.49. The lowest BCUT2D eigenvalue weighted by atomic mass is 10.1. The largest absolute Gasteiger partial charge is 0.460 e. The first-order valence-electron chi connectivity index (χ1n) is 11.7. The predicted molar refractivity (Wildman–Crippen MR) is 130 cm³/mol. The monoisotopic (exact) mass is 485 g/mol. The van der Waals surface area contributed by atoms with Crippen LogP contribution in [0.2, 0.25) is 0 Å². The van der Waals surface area contributed by atoms with E-state index in [4.69, 9.17) is 8.94 Å².